The fourth-order valence-electron chi connectivity index (χ4n) is 2.71. The summed E-state index contributed by atoms with van der Waals surface area (Å²) in [6.07, 6.45) is -3.71. The molecule has 1 fully saturated rings. The number of alkyl halides is 3. The molecule has 5 nitrogen and oxygen atoms in total. The van der Waals surface area contributed by atoms with Crippen LogP contribution in [0.1, 0.15) is 22.6 Å². The zero-order valence-electron chi connectivity index (χ0n) is 13.7. The Morgan fingerprint density at radius 1 is 1.24 bits per heavy atom. The van der Waals surface area contributed by atoms with Gasteiger partial charge in [-0.15, -0.1) is 0 Å². The molecule has 0 spiro atoms. The number of methoxy groups -OCH3 is 1. The van der Waals surface area contributed by atoms with E-state index in [1.807, 2.05) is 6.07 Å². The zero-order valence-corrected chi connectivity index (χ0v) is 13.7. The third-order valence-electron chi connectivity index (χ3n) is 4.12. The molecule has 1 aliphatic heterocycles. The van der Waals surface area contributed by atoms with Crippen LogP contribution in [0.3, 0.4) is 0 Å². The van der Waals surface area contributed by atoms with Crippen molar-refractivity contribution >= 4 is 0 Å². The van der Waals surface area contributed by atoms with Crippen molar-refractivity contribution in [3.63, 3.8) is 0 Å². The SMILES string of the molecule is COCc1cc(CC2(NCc3ccc(C(F)(F)F)cc3)COC2)no1. The molecule has 3 rings (SSSR count). The van der Waals surface area contributed by atoms with Crippen LogP contribution in [0.4, 0.5) is 13.2 Å². The molecule has 1 aromatic heterocycles. The molecule has 0 bridgehead atoms. The fraction of sp³-hybridized carbons (Fsp3) is 0.471. The van der Waals surface area contributed by atoms with Crippen molar-refractivity contribution in [1.82, 2.24) is 10.5 Å². The Kier molecular flexibility index (Phi) is 5.12. The average Bonchev–Trinajstić information content (AvgIpc) is 2.97. The van der Waals surface area contributed by atoms with Crippen LogP contribution in [0.2, 0.25) is 0 Å². The number of hydrogen-bond acceptors (Lipinski definition) is 5. The summed E-state index contributed by atoms with van der Waals surface area (Å²) in [6, 6.07) is 6.99. The first-order valence-electron chi connectivity index (χ1n) is 7.83. The monoisotopic (exact) mass is 356 g/mol. The predicted octanol–water partition coefficient (Wildman–Crippen LogP) is 2.94. The third kappa shape index (κ3) is 4.39. The van der Waals surface area contributed by atoms with E-state index in [1.54, 1.807) is 7.11 Å². The second kappa shape index (κ2) is 7.15. The highest BCUT2D eigenvalue weighted by atomic mass is 19.4. The number of halogens is 3. The molecule has 1 aromatic carbocycles. The van der Waals surface area contributed by atoms with E-state index in [1.165, 1.54) is 12.1 Å². The van der Waals surface area contributed by atoms with Crippen LogP contribution in [0.15, 0.2) is 34.9 Å². The normalized spacial score (nSPS) is 16.6. The molecule has 25 heavy (non-hydrogen) atoms. The first kappa shape index (κ1) is 17.9. The topological polar surface area (TPSA) is 56.5 Å². The van der Waals surface area contributed by atoms with E-state index >= 15 is 0 Å². The van der Waals surface area contributed by atoms with Crippen molar-refractivity contribution in [2.45, 2.75) is 31.3 Å². The van der Waals surface area contributed by atoms with Gasteiger partial charge in [-0.25, -0.2) is 0 Å². The summed E-state index contributed by atoms with van der Waals surface area (Å²) in [4.78, 5) is 0. The lowest BCUT2D eigenvalue weighted by molar-refractivity contribution is -0.137. The first-order chi connectivity index (χ1) is 11.9. The molecule has 0 radical (unpaired) electrons. The van der Waals surface area contributed by atoms with Gasteiger partial charge in [-0.1, -0.05) is 17.3 Å². The van der Waals surface area contributed by atoms with E-state index in [0.717, 1.165) is 23.4 Å². The molecule has 0 atom stereocenters. The van der Waals surface area contributed by atoms with Gasteiger partial charge in [0.2, 0.25) is 0 Å². The molecule has 1 aliphatic rings. The number of ether oxygens (including phenoxy) is 2. The quantitative estimate of drug-likeness (QED) is 0.827. The van der Waals surface area contributed by atoms with Gasteiger partial charge in [0, 0.05) is 26.1 Å². The maximum absolute atomic E-state index is 12.6. The minimum atomic E-state index is -4.32. The molecule has 0 amide bonds. The van der Waals surface area contributed by atoms with Crippen molar-refractivity contribution in [3.8, 4) is 0 Å². The van der Waals surface area contributed by atoms with E-state index in [-0.39, 0.29) is 5.54 Å². The second-order valence-corrected chi connectivity index (χ2v) is 6.22. The standard InChI is InChI=1S/C17H19F3N2O3/c1-23-9-15-6-14(22-25-15)7-16(10-24-11-16)21-8-12-2-4-13(5-3-12)17(18,19)20/h2-6,21H,7-11H2,1H3. The van der Waals surface area contributed by atoms with Gasteiger partial charge in [0.1, 0.15) is 6.61 Å². The van der Waals surface area contributed by atoms with Crippen LogP contribution in [0.25, 0.3) is 0 Å². The summed E-state index contributed by atoms with van der Waals surface area (Å²) in [6.45, 7) is 1.83. The molecule has 0 aliphatic carbocycles. The highest BCUT2D eigenvalue weighted by Gasteiger charge is 2.39. The zero-order chi connectivity index (χ0) is 17.9. The van der Waals surface area contributed by atoms with E-state index in [4.69, 9.17) is 14.0 Å². The van der Waals surface area contributed by atoms with Crippen molar-refractivity contribution in [3.05, 3.63) is 52.9 Å². The lowest BCUT2D eigenvalue weighted by Crippen LogP contribution is -2.61. The summed E-state index contributed by atoms with van der Waals surface area (Å²) < 4.78 is 53.3. The van der Waals surface area contributed by atoms with Gasteiger partial charge in [-0.2, -0.15) is 13.2 Å². The van der Waals surface area contributed by atoms with Gasteiger partial charge in [0.05, 0.1) is 30.0 Å². The number of nitrogens with one attached hydrogen (secondary N) is 1. The third-order valence-corrected chi connectivity index (χ3v) is 4.12. The highest BCUT2D eigenvalue weighted by molar-refractivity contribution is 5.25. The lowest BCUT2D eigenvalue weighted by atomic mass is 9.91. The Bertz CT molecular complexity index is 694. The van der Waals surface area contributed by atoms with E-state index in [0.29, 0.717) is 38.5 Å². The number of nitrogens with zero attached hydrogens (tertiary/aromatic N) is 1. The van der Waals surface area contributed by atoms with Crippen LogP contribution in [-0.2, 0) is 35.2 Å². The molecule has 0 unspecified atom stereocenters. The van der Waals surface area contributed by atoms with E-state index < -0.39 is 11.7 Å². The van der Waals surface area contributed by atoms with Crippen LogP contribution in [-0.4, -0.2) is 31.0 Å². The molecule has 8 heteroatoms. The Hall–Kier alpha value is -1.90. The maximum atomic E-state index is 12.6. The second-order valence-electron chi connectivity index (χ2n) is 6.22. The fourth-order valence-corrected chi connectivity index (χ4v) is 2.71. The molecule has 136 valence electrons. The number of benzene rings is 1. The largest absolute Gasteiger partial charge is 0.416 e. The molecular formula is C17H19F3N2O3. The van der Waals surface area contributed by atoms with Crippen molar-refractivity contribution in [2.24, 2.45) is 0 Å². The van der Waals surface area contributed by atoms with Crippen molar-refractivity contribution < 1.29 is 27.2 Å². The summed E-state index contributed by atoms with van der Waals surface area (Å²) in [5, 5.41) is 7.40. The van der Waals surface area contributed by atoms with Gasteiger partial charge in [0.25, 0.3) is 0 Å². The Morgan fingerprint density at radius 3 is 2.52 bits per heavy atom. The lowest BCUT2D eigenvalue weighted by Gasteiger charge is -2.42. The van der Waals surface area contributed by atoms with E-state index in [9.17, 15) is 13.2 Å². The molecule has 2 heterocycles. The van der Waals surface area contributed by atoms with Gasteiger partial charge >= 0.3 is 6.18 Å². The minimum Gasteiger partial charge on any atom is -0.377 e. The number of hydrogen-bond donors (Lipinski definition) is 1. The summed E-state index contributed by atoms with van der Waals surface area (Å²) in [5.41, 5.74) is 0.630. The number of aromatic nitrogens is 1. The Labute approximate surface area is 143 Å². The van der Waals surface area contributed by atoms with Crippen LogP contribution >= 0.6 is 0 Å². The van der Waals surface area contributed by atoms with Gasteiger partial charge < -0.3 is 19.3 Å². The van der Waals surface area contributed by atoms with Crippen molar-refractivity contribution in [1.29, 1.82) is 0 Å². The summed E-state index contributed by atoms with van der Waals surface area (Å²) in [7, 11) is 1.58. The summed E-state index contributed by atoms with van der Waals surface area (Å²) in [5.74, 6) is 0.649. The van der Waals surface area contributed by atoms with Gasteiger partial charge in [0.15, 0.2) is 5.76 Å². The first-order valence-corrected chi connectivity index (χ1v) is 7.83. The Morgan fingerprint density at radius 2 is 1.96 bits per heavy atom. The molecule has 1 N–H and O–H groups in total. The van der Waals surface area contributed by atoms with Gasteiger partial charge in [-0.3, -0.25) is 0 Å². The smallest absolute Gasteiger partial charge is 0.377 e. The van der Waals surface area contributed by atoms with Crippen molar-refractivity contribution in [2.75, 3.05) is 20.3 Å². The molecular weight excluding hydrogens is 337 g/mol. The van der Waals surface area contributed by atoms with Crippen LogP contribution in [0, 0.1) is 0 Å². The van der Waals surface area contributed by atoms with Crippen LogP contribution in [0.5, 0.6) is 0 Å². The van der Waals surface area contributed by atoms with Gasteiger partial charge in [-0.05, 0) is 17.7 Å². The molecule has 2 aromatic rings. The summed E-state index contributed by atoms with van der Waals surface area (Å²) >= 11 is 0. The predicted molar refractivity (Wildman–Crippen MR) is 82.8 cm³/mol. The minimum absolute atomic E-state index is 0.288. The molecule has 1 saturated heterocycles. The maximum Gasteiger partial charge on any atom is 0.416 e. The molecule has 0 saturated carbocycles. The average molecular weight is 356 g/mol. The Balaban J connectivity index is 1.59. The number of rotatable bonds is 7. The van der Waals surface area contributed by atoms with E-state index in [2.05, 4.69) is 10.5 Å². The van der Waals surface area contributed by atoms with Crippen LogP contribution < -0.4 is 5.32 Å². The highest BCUT2D eigenvalue weighted by Crippen LogP contribution is 2.29.